The number of hydrogen-bond acceptors (Lipinski definition) is 5. The number of aromatic nitrogens is 2. The van der Waals surface area contributed by atoms with Gasteiger partial charge in [0.25, 0.3) is 0 Å². The van der Waals surface area contributed by atoms with Gasteiger partial charge in [-0.2, -0.15) is 0 Å². The Kier molecular flexibility index (Phi) is 5.57. The number of fused-ring (bicyclic) bond motifs is 1. The van der Waals surface area contributed by atoms with Gasteiger partial charge in [-0.3, -0.25) is 9.36 Å². The number of halogens is 1. The number of carbonyl (C=O) groups excluding carboxylic acids is 1. The summed E-state index contributed by atoms with van der Waals surface area (Å²) in [7, 11) is 1.23. The van der Waals surface area contributed by atoms with E-state index in [1.165, 1.54) is 19.3 Å². The van der Waals surface area contributed by atoms with Crippen molar-refractivity contribution in [3.8, 4) is 5.69 Å². The molecule has 2 aromatic carbocycles. The first kappa shape index (κ1) is 20.0. The Morgan fingerprint density at radius 2 is 1.74 bits per heavy atom. The Balaban J connectivity index is 1.99. The van der Waals surface area contributed by atoms with Crippen LogP contribution in [-0.2, 0) is 9.53 Å². The zero-order valence-corrected chi connectivity index (χ0v) is 16.6. The Morgan fingerprint density at radius 1 is 1.06 bits per heavy atom. The molecule has 6 nitrogen and oxygen atoms in total. The first-order chi connectivity index (χ1) is 15.1. The van der Waals surface area contributed by atoms with Crippen molar-refractivity contribution in [2.75, 3.05) is 12.4 Å². The molecule has 0 unspecified atom stereocenters. The van der Waals surface area contributed by atoms with Gasteiger partial charge in [0, 0.05) is 23.5 Å². The summed E-state index contributed by atoms with van der Waals surface area (Å²) in [4.78, 5) is 28.6. The molecule has 0 aliphatic heterocycles. The van der Waals surface area contributed by atoms with Crippen molar-refractivity contribution in [1.29, 1.82) is 0 Å². The summed E-state index contributed by atoms with van der Waals surface area (Å²) in [6, 6.07) is 21.2. The zero-order valence-electron chi connectivity index (χ0n) is 16.6. The maximum Gasteiger partial charge on any atom is 0.330 e. The molecule has 0 aliphatic carbocycles. The summed E-state index contributed by atoms with van der Waals surface area (Å²) in [5, 5.41) is 3.36. The molecular weight excluding hydrogens is 397 g/mol. The summed E-state index contributed by atoms with van der Waals surface area (Å²) in [5.41, 5.74) is 1.30. The topological polar surface area (TPSA) is 73.2 Å². The summed E-state index contributed by atoms with van der Waals surface area (Å²) in [6.07, 6.45) is 2.30. The van der Waals surface area contributed by atoms with E-state index in [1.54, 1.807) is 4.57 Å². The van der Waals surface area contributed by atoms with E-state index in [9.17, 15) is 14.0 Å². The van der Waals surface area contributed by atoms with Gasteiger partial charge in [-0.25, -0.2) is 14.2 Å². The summed E-state index contributed by atoms with van der Waals surface area (Å²) in [5.74, 6) is -0.883. The second kappa shape index (κ2) is 8.62. The minimum absolute atomic E-state index is 0.0844. The molecular formula is C24H18FN3O3. The molecule has 0 spiro atoms. The van der Waals surface area contributed by atoms with Crippen molar-refractivity contribution in [3.05, 3.63) is 101 Å². The van der Waals surface area contributed by atoms with Crippen LogP contribution in [0.5, 0.6) is 0 Å². The van der Waals surface area contributed by atoms with E-state index in [-0.39, 0.29) is 22.2 Å². The molecule has 1 N–H and O–H groups in total. The first-order valence-corrected chi connectivity index (χ1v) is 9.46. The van der Waals surface area contributed by atoms with Gasteiger partial charge in [-0.05, 0) is 36.4 Å². The highest BCUT2D eigenvalue weighted by atomic mass is 19.1. The van der Waals surface area contributed by atoms with Gasteiger partial charge in [0.05, 0.1) is 12.5 Å². The van der Waals surface area contributed by atoms with Gasteiger partial charge in [0.1, 0.15) is 17.3 Å². The van der Waals surface area contributed by atoms with E-state index >= 15 is 0 Å². The molecule has 0 radical (unpaired) electrons. The summed E-state index contributed by atoms with van der Waals surface area (Å²) >= 11 is 0. The number of esters is 1. The van der Waals surface area contributed by atoms with E-state index in [2.05, 4.69) is 15.0 Å². The Morgan fingerprint density at radius 3 is 2.42 bits per heavy atom. The van der Waals surface area contributed by atoms with E-state index in [0.717, 1.165) is 23.5 Å². The Labute approximate surface area is 177 Å². The summed E-state index contributed by atoms with van der Waals surface area (Å²) in [6.45, 7) is 0. The third-order valence-electron chi connectivity index (χ3n) is 4.61. The summed E-state index contributed by atoms with van der Waals surface area (Å²) < 4.78 is 20.9. The Bertz CT molecular complexity index is 1330. The second-order valence-electron chi connectivity index (χ2n) is 6.64. The Hall–Kier alpha value is -4.26. The molecule has 0 saturated heterocycles. The molecule has 0 amide bonds. The van der Waals surface area contributed by atoms with Crippen molar-refractivity contribution in [2.45, 2.75) is 0 Å². The fourth-order valence-electron chi connectivity index (χ4n) is 3.16. The van der Waals surface area contributed by atoms with Gasteiger partial charge in [-0.1, -0.05) is 36.4 Å². The normalized spacial score (nSPS) is 11.0. The number of carbonyl (C=O) groups is 1. The second-order valence-corrected chi connectivity index (χ2v) is 6.64. The highest BCUT2D eigenvalue weighted by Crippen LogP contribution is 2.25. The largest absolute Gasteiger partial charge is 0.466 e. The predicted molar refractivity (Wildman–Crippen MR) is 118 cm³/mol. The lowest BCUT2D eigenvalue weighted by Crippen LogP contribution is -2.14. The lowest BCUT2D eigenvalue weighted by molar-refractivity contribution is -0.134. The van der Waals surface area contributed by atoms with E-state index < -0.39 is 11.8 Å². The number of rotatable bonds is 5. The number of nitrogens with one attached hydrogen (secondary N) is 1. The number of methoxy groups -OCH3 is 1. The van der Waals surface area contributed by atoms with Gasteiger partial charge in [0.15, 0.2) is 11.1 Å². The number of nitrogens with zero attached hydrogens (tertiary/aromatic N) is 2. The fraction of sp³-hybridized carbons (Fsp3) is 0.0417. The zero-order chi connectivity index (χ0) is 21.8. The van der Waals surface area contributed by atoms with Gasteiger partial charge < -0.3 is 10.1 Å². The number of benzene rings is 2. The SMILES string of the molecule is COC(=O)C=Cc1nc2c(cc1F)c(=O)cc(Nc1ccccc1)n2-c1ccccc1. The van der Waals surface area contributed by atoms with Crippen molar-refractivity contribution >= 4 is 34.6 Å². The maximum absolute atomic E-state index is 14.6. The lowest BCUT2D eigenvalue weighted by Gasteiger charge is -2.18. The molecule has 7 heteroatoms. The van der Waals surface area contributed by atoms with Crippen molar-refractivity contribution in [3.63, 3.8) is 0 Å². The molecule has 0 bridgehead atoms. The molecule has 0 fully saturated rings. The van der Waals surface area contributed by atoms with E-state index in [4.69, 9.17) is 0 Å². The minimum Gasteiger partial charge on any atom is -0.466 e. The third kappa shape index (κ3) is 4.20. The average molecular weight is 415 g/mol. The predicted octanol–water partition coefficient (Wildman–Crippen LogP) is 4.45. The molecule has 154 valence electrons. The van der Waals surface area contributed by atoms with Gasteiger partial charge in [0.2, 0.25) is 0 Å². The highest BCUT2D eigenvalue weighted by Gasteiger charge is 2.15. The number of hydrogen-bond donors (Lipinski definition) is 1. The van der Waals surface area contributed by atoms with Crippen LogP contribution in [0.4, 0.5) is 15.9 Å². The van der Waals surface area contributed by atoms with Crippen LogP contribution in [0.1, 0.15) is 5.69 Å². The highest BCUT2D eigenvalue weighted by molar-refractivity contribution is 5.88. The van der Waals surface area contributed by atoms with Crippen LogP contribution in [0.3, 0.4) is 0 Å². The van der Waals surface area contributed by atoms with Crippen LogP contribution in [0.15, 0.2) is 83.7 Å². The first-order valence-electron chi connectivity index (χ1n) is 9.46. The average Bonchev–Trinajstić information content (AvgIpc) is 2.79. The fourth-order valence-corrected chi connectivity index (χ4v) is 3.16. The van der Waals surface area contributed by atoms with Crippen molar-refractivity contribution < 1.29 is 13.9 Å². The number of para-hydroxylation sites is 2. The molecule has 0 atom stereocenters. The van der Waals surface area contributed by atoms with E-state index in [1.807, 2.05) is 60.7 Å². The molecule has 4 rings (SSSR count). The van der Waals surface area contributed by atoms with Gasteiger partial charge >= 0.3 is 5.97 Å². The third-order valence-corrected chi connectivity index (χ3v) is 4.61. The van der Waals surface area contributed by atoms with E-state index in [0.29, 0.717) is 5.82 Å². The van der Waals surface area contributed by atoms with Crippen LogP contribution in [0.2, 0.25) is 0 Å². The van der Waals surface area contributed by atoms with Gasteiger partial charge in [-0.15, -0.1) is 0 Å². The van der Waals surface area contributed by atoms with Crippen LogP contribution < -0.4 is 10.7 Å². The molecule has 31 heavy (non-hydrogen) atoms. The lowest BCUT2D eigenvalue weighted by atomic mass is 10.2. The van der Waals surface area contributed by atoms with Crippen LogP contribution in [0, 0.1) is 5.82 Å². The quantitative estimate of drug-likeness (QED) is 0.385. The minimum atomic E-state index is -0.715. The molecule has 0 aliphatic rings. The van der Waals surface area contributed by atoms with Crippen LogP contribution in [-0.4, -0.2) is 22.6 Å². The number of ether oxygens (including phenoxy) is 1. The number of anilines is 2. The van der Waals surface area contributed by atoms with Crippen molar-refractivity contribution in [2.24, 2.45) is 0 Å². The van der Waals surface area contributed by atoms with Crippen molar-refractivity contribution in [1.82, 2.24) is 9.55 Å². The molecule has 2 aromatic heterocycles. The molecule has 2 heterocycles. The van der Waals surface area contributed by atoms with Crippen LogP contribution >= 0.6 is 0 Å². The smallest absolute Gasteiger partial charge is 0.330 e. The number of pyridine rings is 2. The van der Waals surface area contributed by atoms with Crippen LogP contribution in [0.25, 0.3) is 22.8 Å². The molecule has 0 saturated carbocycles. The maximum atomic E-state index is 14.6. The molecule has 4 aromatic rings. The standard InChI is InChI=1S/C24H18FN3O3/c1-31-23(30)13-12-20-19(25)14-18-21(29)15-22(26-16-8-4-2-5-9-16)28(24(18)27-20)17-10-6-3-7-11-17/h2-15,26H,1H3. The monoisotopic (exact) mass is 415 g/mol.